The van der Waals surface area contributed by atoms with Crippen LogP contribution in [0.1, 0.15) is 16.7 Å². The topological polar surface area (TPSA) is 37.4 Å². The van der Waals surface area contributed by atoms with Crippen molar-refractivity contribution >= 4 is 21.3 Å². The standard InChI is InChI=1S/C23H23NO2S/c1-18-9-13-21(14-10-18)20(3)17-24(22-7-5-4-6-8-22)27(25,26)23-15-11-19(2)12-16-23/h4-16H,3,17H2,1-2H3. The maximum atomic E-state index is 13.3. The van der Waals surface area contributed by atoms with Gasteiger partial charge in [-0.25, -0.2) is 8.42 Å². The van der Waals surface area contributed by atoms with E-state index in [0.29, 0.717) is 5.69 Å². The molecule has 3 nitrogen and oxygen atoms in total. The second-order valence-corrected chi connectivity index (χ2v) is 8.49. The zero-order chi connectivity index (χ0) is 19.4. The maximum Gasteiger partial charge on any atom is 0.264 e. The van der Waals surface area contributed by atoms with Crippen molar-refractivity contribution in [1.82, 2.24) is 0 Å². The molecular weight excluding hydrogens is 354 g/mol. The number of sulfonamides is 1. The molecule has 0 aliphatic rings. The van der Waals surface area contributed by atoms with E-state index in [1.165, 1.54) is 4.31 Å². The van der Waals surface area contributed by atoms with Crippen LogP contribution >= 0.6 is 0 Å². The fraction of sp³-hybridized carbons (Fsp3) is 0.130. The van der Waals surface area contributed by atoms with E-state index < -0.39 is 10.0 Å². The number of anilines is 1. The number of hydrogen-bond donors (Lipinski definition) is 0. The summed E-state index contributed by atoms with van der Waals surface area (Å²) in [5.41, 5.74) is 4.46. The van der Waals surface area contributed by atoms with Crippen molar-refractivity contribution in [2.75, 3.05) is 10.8 Å². The summed E-state index contributed by atoms with van der Waals surface area (Å²) in [5, 5.41) is 0. The fourth-order valence-corrected chi connectivity index (χ4v) is 4.26. The van der Waals surface area contributed by atoms with Crippen LogP contribution in [-0.2, 0) is 10.0 Å². The summed E-state index contributed by atoms with van der Waals surface area (Å²) in [4.78, 5) is 0.272. The quantitative estimate of drug-likeness (QED) is 0.591. The number of aryl methyl sites for hydroxylation is 2. The summed E-state index contributed by atoms with van der Waals surface area (Å²) >= 11 is 0. The molecule has 3 aromatic carbocycles. The van der Waals surface area contributed by atoms with Gasteiger partial charge in [0.25, 0.3) is 10.0 Å². The smallest absolute Gasteiger partial charge is 0.262 e. The second kappa shape index (κ2) is 7.80. The van der Waals surface area contributed by atoms with Crippen molar-refractivity contribution in [3.63, 3.8) is 0 Å². The van der Waals surface area contributed by atoms with Crippen LogP contribution < -0.4 is 4.31 Å². The lowest BCUT2D eigenvalue weighted by atomic mass is 10.1. The van der Waals surface area contributed by atoms with Gasteiger partial charge in [0.2, 0.25) is 0 Å². The van der Waals surface area contributed by atoms with Crippen LogP contribution in [0.25, 0.3) is 5.57 Å². The highest BCUT2D eigenvalue weighted by molar-refractivity contribution is 7.92. The van der Waals surface area contributed by atoms with Gasteiger partial charge >= 0.3 is 0 Å². The van der Waals surface area contributed by atoms with Crippen LogP contribution in [0, 0.1) is 13.8 Å². The first-order valence-corrected chi connectivity index (χ1v) is 10.2. The van der Waals surface area contributed by atoms with Crippen LogP contribution in [0.5, 0.6) is 0 Å². The number of rotatable bonds is 6. The van der Waals surface area contributed by atoms with Gasteiger partial charge < -0.3 is 0 Å². The normalized spacial score (nSPS) is 11.2. The van der Waals surface area contributed by atoms with Crippen LogP contribution in [0.3, 0.4) is 0 Å². The van der Waals surface area contributed by atoms with Crippen LogP contribution in [0.4, 0.5) is 5.69 Å². The summed E-state index contributed by atoms with van der Waals surface area (Å²) in [6, 6.07) is 24.0. The molecule has 0 saturated heterocycles. The lowest BCUT2D eigenvalue weighted by molar-refractivity contribution is 0.593. The Hall–Kier alpha value is -2.85. The van der Waals surface area contributed by atoms with Gasteiger partial charge in [-0.15, -0.1) is 0 Å². The largest absolute Gasteiger partial charge is 0.264 e. The summed E-state index contributed by atoms with van der Waals surface area (Å²) < 4.78 is 28.1. The number of para-hydroxylation sites is 1. The van der Waals surface area contributed by atoms with Gasteiger partial charge in [0, 0.05) is 0 Å². The van der Waals surface area contributed by atoms with E-state index in [9.17, 15) is 8.42 Å². The molecule has 3 rings (SSSR count). The molecule has 27 heavy (non-hydrogen) atoms. The minimum atomic E-state index is -3.71. The molecule has 0 N–H and O–H groups in total. The highest BCUT2D eigenvalue weighted by Gasteiger charge is 2.25. The van der Waals surface area contributed by atoms with E-state index in [1.807, 2.05) is 68.4 Å². The van der Waals surface area contributed by atoms with Crippen molar-refractivity contribution < 1.29 is 8.42 Å². The molecule has 0 saturated carbocycles. The third-order valence-corrected chi connectivity index (χ3v) is 6.24. The molecule has 0 amide bonds. The first kappa shape index (κ1) is 18.9. The minimum Gasteiger partial charge on any atom is -0.262 e. The van der Waals surface area contributed by atoms with Gasteiger partial charge in [0.05, 0.1) is 17.1 Å². The molecule has 4 heteroatoms. The van der Waals surface area contributed by atoms with E-state index in [4.69, 9.17) is 0 Å². The Labute approximate surface area is 161 Å². The second-order valence-electron chi connectivity index (χ2n) is 6.63. The Kier molecular flexibility index (Phi) is 5.47. The molecule has 0 fully saturated rings. The molecule has 0 bridgehead atoms. The maximum absolute atomic E-state index is 13.3. The molecule has 138 valence electrons. The molecular formula is C23H23NO2S. The Balaban J connectivity index is 2.00. The summed E-state index contributed by atoms with van der Waals surface area (Å²) in [6.07, 6.45) is 0. The zero-order valence-corrected chi connectivity index (χ0v) is 16.4. The van der Waals surface area contributed by atoms with Crippen molar-refractivity contribution in [3.8, 4) is 0 Å². The van der Waals surface area contributed by atoms with Gasteiger partial charge in [-0.3, -0.25) is 4.31 Å². The van der Waals surface area contributed by atoms with Crippen molar-refractivity contribution in [1.29, 1.82) is 0 Å². The minimum absolute atomic E-state index is 0.184. The predicted octanol–water partition coefficient (Wildman–Crippen LogP) is 5.21. The zero-order valence-electron chi connectivity index (χ0n) is 15.6. The average Bonchev–Trinajstić information content (AvgIpc) is 2.67. The first-order valence-electron chi connectivity index (χ1n) is 8.77. The monoisotopic (exact) mass is 377 g/mol. The highest BCUT2D eigenvalue weighted by Crippen LogP contribution is 2.27. The van der Waals surface area contributed by atoms with Gasteiger partial charge in [-0.2, -0.15) is 0 Å². The lowest BCUT2D eigenvalue weighted by Gasteiger charge is -2.25. The molecule has 0 radical (unpaired) electrons. The fourth-order valence-electron chi connectivity index (χ4n) is 2.80. The molecule has 3 aromatic rings. The molecule has 0 unspecified atom stereocenters. The van der Waals surface area contributed by atoms with Crippen molar-refractivity contribution in [2.45, 2.75) is 18.7 Å². The van der Waals surface area contributed by atoms with Crippen LogP contribution in [0.2, 0.25) is 0 Å². The Morgan fingerprint density at radius 3 is 1.89 bits per heavy atom. The Morgan fingerprint density at radius 2 is 1.33 bits per heavy atom. The van der Waals surface area contributed by atoms with Crippen LogP contribution in [0.15, 0.2) is 90.3 Å². The number of hydrogen-bond acceptors (Lipinski definition) is 2. The average molecular weight is 378 g/mol. The Morgan fingerprint density at radius 1 is 0.815 bits per heavy atom. The molecule has 0 aliphatic carbocycles. The molecule has 0 aromatic heterocycles. The molecule has 0 heterocycles. The summed E-state index contributed by atoms with van der Waals surface area (Å²) in [5.74, 6) is 0. The van der Waals surface area contributed by atoms with Crippen molar-refractivity contribution in [2.24, 2.45) is 0 Å². The van der Waals surface area contributed by atoms with E-state index in [1.54, 1.807) is 24.3 Å². The van der Waals surface area contributed by atoms with Gasteiger partial charge in [-0.05, 0) is 49.2 Å². The number of nitrogens with zero attached hydrogens (tertiary/aromatic N) is 1. The Bertz CT molecular complexity index is 1020. The summed E-state index contributed by atoms with van der Waals surface area (Å²) in [7, 11) is -3.71. The third-order valence-electron chi connectivity index (χ3n) is 4.45. The van der Waals surface area contributed by atoms with E-state index in [-0.39, 0.29) is 11.4 Å². The molecule has 0 aliphatic heterocycles. The highest BCUT2D eigenvalue weighted by atomic mass is 32.2. The van der Waals surface area contributed by atoms with E-state index in [2.05, 4.69) is 6.58 Å². The third kappa shape index (κ3) is 4.29. The molecule has 0 atom stereocenters. The van der Waals surface area contributed by atoms with Crippen LogP contribution in [-0.4, -0.2) is 15.0 Å². The van der Waals surface area contributed by atoms with Gasteiger partial charge in [0.1, 0.15) is 0 Å². The van der Waals surface area contributed by atoms with E-state index in [0.717, 1.165) is 22.3 Å². The molecule has 0 spiro atoms. The SMILES string of the molecule is C=C(CN(c1ccccc1)S(=O)(=O)c1ccc(C)cc1)c1ccc(C)cc1. The number of benzene rings is 3. The van der Waals surface area contributed by atoms with E-state index >= 15 is 0 Å². The van der Waals surface area contributed by atoms with Gasteiger partial charge in [0.15, 0.2) is 0 Å². The lowest BCUT2D eigenvalue weighted by Crippen LogP contribution is -2.32. The van der Waals surface area contributed by atoms with Gasteiger partial charge in [-0.1, -0.05) is 72.3 Å². The summed E-state index contributed by atoms with van der Waals surface area (Å²) in [6.45, 7) is 8.27. The predicted molar refractivity (Wildman–Crippen MR) is 112 cm³/mol. The van der Waals surface area contributed by atoms with Crippen molar-refractivity contribution in [3.05, 3.63) is 102 Å². The first-order chi connectivity index (χ1) is 12.9.